The Kier molecular flexibility index (Phi) is 2.73. The minimum atomic E-state index is -0.416. The molecule has 0 saturated carbocycles. The van der Waals surface area contributed by atoms with Crippen LogP contribution in [0.2, 0.25) is 0 Å². The second kappa shape index (κ2) is 4.02. The second-order valence-electron chi connectivity index (χ2n) is 3.09. The van der Waals surface area contributed by atoms with Crippen molar-refractivity contribution in [2.24, 2.45) is 0 Å². The Morgan fingerprint density at radius 2 is 2.20 bits per heavy atom. The number of aromatic nitrogens is 2. The predicted molar refractivity (Wildman–Crippen MR) is 57.9 cm³/mol. The molecule has 78 valence electrons. The highest BCUT2D eigenvalue weighted by Crippen LogP contribution is 2.10. The van der Waals surface area contributed by atoms with Gasteiger partial charge in [-0.1, -0.05) is 25.1 Å². The van der Waals surface area contributed by atoms with Crippen molar-refractivity contribution < 1.29 is 9.20 Å². The lowest BCUT2D eigenvalue weighted by atomic mass is 10.1. The zero-order valence-electron chi connectivity index (χ0n) is 8.16. The molecule has 1 aromatic heterocycles. The molecule has 0 radical (unpaired) electrons. The van der Waals surface area contributed by atoms with Crippen molar-refractivity contribution in [3.63, 3.8) is 0 Å². The van der Waals surface area contributed by atoms with Gasteiger partial charge in [0.05, 0.1) is 0 Å². The van der Waals surface area contributed by atoms with Crippen LogP contribution in [0.4, 0.5) is 0 Å². The molecular formula is C10H10BrN2O2+. The number of nitrogens with zero attached hydrogens (tertiary/aromatic N) is 1. The van der Waals surface area contributed by atoms with E-state index in [0.717, 1.165) is 17.7 Å². The van der Waals surface area contributed by atoms with E-state index in [2.05, 4.69) is 32.6 Å². The topological polar surface area (TPSA) is 49.9 Å². The molecule has 5 heteroatoms. The third kappa shape index (κ3) is 1.74. The second-order valence-corrected chi connectivity index (χ2v) is 3.84. The molecule has 0 atom stereocenters. The summed E-state index contributed by atoms with van der Waals surface area (Å²) in [6, 6.07) is 7.82. The summed E-state index contributed by atoms with van der Waals surface area (Å²) in [4.78, 5) is 11.1. The molecule has 0 aliphatic heterocycles. The maximum absolute atomic E-state index is 11.1. The fraction of sp³-hybridized carbons (Fsp3) is 0.200. The first-order chi connectivity index (χ1) is 7.24. The van der Waals surface area contributed by atoms with Gasteiger partial charge in [0.2, 0.25) is 5.69 Å². The van der Waals surface area contributed by atoms with E-state index in [-0.39, 0.29) is 0 Å². The van der Waals surface area contributed by atoms with Crippen molar-refractivity contribution in [2.75, 3.05) is 0 Å². The third-order valence-electron chi connectivity index (χ3n) is 2.21. The van der Waals surface area contributed by atoms with Gasteiger partial charge in [-0.05, 0) is 16.4 Å². The van der Waals surface area contributed by atoms with Gasteiger partial charge < -0.3 is 0 Å². The van der Waals surface area contributed by atoms with Crippen molar-refractivity contribution in [3.8, 4) is 5.69 Å². The zero-order chi connectivity index (χ0) is 10.8. The van der Waals surface area contributed by atoms with Crippen molar-refractivity contribution in [1.82, 2.24) is 5.27 Å². The average molecular weight is 270 g/mol. The van der Waals surface area contributed by atoms with Crippen LogP contribution >= 0.6 is 15.9 Å². The Bertz CT molecular complexity index is 530. The van der Waals surface area contributed by atoms with Gasteiger partial charge in [-0.25, -0.2) is 4.79 Å². The van der Waals surface area contributed by atoms with Crippen LogP contribution in [0.5, 0.6) is 0 Å². The molecule has 0 aliphatic rings. The van der Waals surface area contributed by atoms with Gasteiger partial charge in [0.1, 0.15) is 0 Å². The Morgan fingerprint density at radius 1 is 1.47 bits per heavy atom. The van der Waals surface area contributed by atoms with Crippen molar-refractivity contribution in [1.29, 1.82) is 0 Å². The van der Waals surface area contributed by atoms with Gasteiger partial charge in [0, 0.05) is 27.6 Å². The van der Waals surface area contributed by atoms with E-state index in [9.17, 15) is 4.79 Å². The lowest BCUT2D eigenvalue weighted by molar-refractivity contribution is -0.680. The Balaban J connectivity index is 2.63. The van der Waals surface area contributed by atoms with E-state index < -0.39 is 5.63 Å². The molecule has 2 rings (SSSR count). The summed E-state index contributed by atoms with van der Waals surface area (Å²) in [5, 5.41) is 2.55. The molecule has 4 nitrogen and oxygen atoms in total. The summed E-state index contributed by atoms with van der Waals surface area (Å²) < 4.78 is 6.63. The van der Waals surface area contributed by atoms with Gasteiger partial charge in [0.15, 0.2) is 0 Å². The maximum atomic E-state index is 11.1. The molecule has 0 aliphatic carbocycles. The number of aryl methyl sites for hydroxylation is 1. The number of benzene rings is 1. The highest BCUT2D eigenvalue weighted by Gasteiger charge is 2.22. The SMILES string of the molecule is CCc1ccccc1-[n+]1[nH]oc(=O)c1Br. The largest absolute Gasteiger partial charge is 0.442 e. The smallest absolute Gasteiger partial charge is 0.282 e. The van der Waals surface area contributed by atoms with E-state index >= 15 is 0 Å². The van der Waals surface area contributed by atoms with Crippen molar-refractivity contribution in [2.45, 2.75) is 13.3 Å². The number of aromatic amines is 1. The van der Waals surface area contributed by atoms with E-state index in [4.69, 9.17) is 0 Å². The van der Waals surface area contributed by atoms with Gasteiger partial charge >= 0.3 is 10.2 Å². The number of hydrogen-bond donors (Lipinski definition) is 1. The molecule has 0 fully saturated rings. The van der Waals surface area contributed by atoms with Gasteiger partial charge in [0.25, 0.3) is 0 Å². The van der Waals surface area contributed by atoms with Crippen LogP contribution in [-0.4, -0.2) is 5.27 Å². The van der Waals surface area contributed by atoms with Crippen molar-refractivity contribution in [3.05, 3.63) is 44.9 Å². The first-order valence-corrected chi connectivity index (χ1v) is 5.40. The fourth-order valence-electron chi connectivity index (χ4n) is 1.44. The normalized spacial score (nSPS) is 10.5. The Morgan fingerprint density at radius 3 is 2.80 bits per heavy atom. The molecule has 1 N–H and O–H groups in total. The first kappa shape index (κ1) is 10.2. The minimum Gasteiger partial charge on any atom is -0.282 e. The summed E-state index contributed by atoms with van der Waals surface area (Å²) in [7, 11) is 0. The molecule has 0 bridgehead atoms. The molecule has 1 heterocycles. The molecule has 0 unspecified atom stereocenters. The quantitative estimate of drug-likeness (QED) is 0.842. The van der Waals surface area contributed by atoms with Gasteiger partial charge in [-0.3, -0.25) is 4.52 Å². The van der Waals surface area contributed by atoms with Crippen LogP contribution in [-0.2, 0) is 6.42 Å². The summed E-state index contributed by atoms with van der Waals surface area (Å²) in [6.07, 6.45) is 0.892. The summed E-state index contributed by atoms with van der Waals surface area (Å²) in [5.74, 6) is 0. The molecule has 0 amide bonds. The van der Waals surface area contributed by atoms with Gasteiger partial charge in [-0.2, -0.15) is 0 Å². The number of para-hydroxylation sites is 1. The fourth-order valence-corrected chi connectivity index (χ4v) is 1.79. The third-order valence-corrected chi connectivity index (χ3v) is 2.89. The monoisotopic (exact) mass is 269 g/mol. The molecule has 2 aromatic rings. The maximum Gasteiger partial charge on any atom is 0.442 e. The van der Waals surface area contributed by atoms with Crippen LogP contribution in [0.3, 0.4) is 0 Å². The van der Waals surface area contributed by atoms with E-state index in [0.29, 0.717) is 4.60 Å². The molecule has 0 saturated heterocycles. The number of rotatable bonds is 2. The van der Waals surface area contributed by atoms with E-state index in [1.165, 1.54) is 0 Å². The zero-order valence-corrected chi connectivity index (χ0v) is 9.74. The molecule has 0 spiro atoms. The lowest BCUT2D eigenvalue weighted by Gasteiger charge is -1.97. The van der Waals surface area contributed by atoms with E-state index in [1.807, 2.05) is 24.3 Å². The minimum absolute atomic E-state index is 0.364. The van der Waals surface area contributed by atoms with E-state index in [1.54, 1.807) is 4.68 Å². The molecule has 15 heavy (non-hydrogen) atoms. The Hall–Kier alpha value is -1.36. The number of halogens is 1. The van der Waals surface area contributed by atoms with Crippen LogP contribution in [0.15, 0.2) is 38.2 Å². The molecular weight excluding hydrogens is 260 g/mol. The summed E-state index contributed by atoms with van der Waals surface area (Å²) >= 11 is 3.18. The van der Waals surface area contributed by atoms with Gasteiger partial charge in [-0.15, -0.1) is 0 Å². The summed E-state index contributed by atoms with van der Waals surface area (Å²) in [5.41, 5.74) is 1.64. The highest BCUT2D eigenvalue weighted by atomic mass is 79.9. The van der Waals surface area contributed by atoms with Crippen LogP contribution in [0.25, 0.3) is 5.69 Å². The van der Waals surface area contributed by atoms with Crippen LogP contribution in [0.1, 0.15) is 12.5 Å². The first-order valence-electron chi connectivity index (χ1n) is 4.61. The number of nitrogens with one attached hydrogen (secondary N) is 1. The van der Waals surface area contributed by atoms with Crippen molar-refractivity contribution >= 4 is 15.9 Å². The molecule has 1 aromatic carbocycles. The number of H-pyrrole nitrogens is 1. The lowest BCUT2D eigenvalue weighted by Crippen LogP contribution is -2.36. The van der Waals surface area contributed by atoms with Crippen LogP contribution in [0, 0.1) is 0 Å². The Labute approximate surface area is 94.6 Å². The predicted octanol–water partition coefficient (Wildman–Crippen LogP) is 1.57. The standard InChI is InChI=1S/C10H9BrN2O2/c1-2-7-5-3-4-6-8(7)13-9(11)10(14)15-12-13/h3-6H,2H2,1H3/p+1. The van der Waals surface area contributed by atoms with Crippen LogP contribution < -0.4 is 10.3 Å². The highest BCUT2D eigenvalue weighted by molar-refractivity contribution is 9.10. The number of hydrogen-bond acceptors (Lipinski definition) is 2. The average Bonchev–Trinajstić information content (AvgIpc) is 2.60. The summed E-state index contributed by atoms with van der Waals surface area (Å²) in [6.45, 7) is 2.06.